The van der Waals surface area contributed by atoms with Crippen LogP contribution in [0, 0.1) is 0 Å². The number of hydrogen-bond donors (Lipinski definition) is 0. The molecule has 0 N–H and O–H groups in total. The predicted molar refractivity (Wildman–Crippen MR) is 190 cm³/mol. The Hall–Kier alpha value is -5.48. The van der Waals surface area contributed by atoms with Crippen LogP contribution in [0.3, 0.4) is 0 Å². The second kappa shape index (κ2) is 10.3. The maximum Gasteiger partial charge on any atom is 0.0967 e. The van der Waals surface area contributed by atoms with E-state index in [4.69, 9.17) is 9.97 Å². The molecule has 0 saturated carbocycles. The molecule has 6 aromatic rings. The van der Waals surface area contributed by atoms with Gasteiger partial charge in [0.05, 0.1) is 45.3 Å². The molecule has 1 aliphatic heterocycles. The van der Waals surface area contributed by atoms with E-state index in [9.17, 15) is 0 Å². The highest BCUT2D eigenvalue weighted by Crippen LogP contribution is 2.51. The van der Waals surface area contributed by atoms with Gasteiger partial charge in [-0.2, -0.15) is 0 Å². The van der Waals surface area contributed by atoms with Gasteiger partial charge in [-0.25, -0.2) is 9.97 Å². The summed E-state index contributed by atoms with van der Waals surface area (Å²) in [6, 6.07) is 38.9. The monoisotopic (exact) mass is 594 g/mol. The summed E-state index contributed by atoms with van der Waals surface area (Å²) in [5.41, 5.74) is 13.4. The average molecular weight is 595 g/mol. The largest absolute Gasteiger partial charge is 0.332 e. The number of allylic oxidation sites excluding steroid dienone is 3. The van der Waals surface area contributed by atoms with Gasteiger partial charge in [-0.15, -0.1) is 0 Å². The van der Waals surface area contributed by atoms with Crippen LogP contribution in [0.5, 0.6) is 0 Å². The van der Waals surface area contributed by atoms with Crippen molar-refractivity contribution in [2.45, 2.75) is 37.6 Å². The normalized spacial score (nSPS) is 21.0. The van der Waals surface area contributed by atoms with Gasteiger partial charge < -0.3 is 9.47 Å². The third-order valence-corrected chi connectivity index (χ3v) is 10.0. The molecule has 3 atom stereocenters. The fraction of sp³-hybridized carbons (Fsp3) is 0.143. The number of nitrogens with zero attached hydrogens (tertiary/aromatic N) is 4. The summed E-state index contributed by atoms with van der Waals surface area (Å²) < 4.78 is 2.45. The number of hydrogen-bond acceptors (Lipinski definition) is 3. The molecule has 0 bridgehead atoms. The van der Waals surface area contributed by atoms with Crippen LogP contribution in [0.4, 0.5) is 11.4 Å². The van der Waals surface area contributed by atoms with E-state index in [1.165, 1.54) is 11.3 Å². The summed E-state index contributed by atoms with van der Waals surface area (Å²) in [6.45, 7) is 4.65. The fourth-order valence-corrected chi connectivity index (χ4v) is 7.74. The van der Waals surface area contributed by atoms with Crippen LogP contribution >= 0.6 is 0 Å². The Balaban J connectivity index is 1.21. The lowest BCUT2D eigenvalue weighted by Gasteiger charge is -2.34. The van der Waals surface area contributed by atoms with Gasteiger partial charge in [0.1, 0.15) is 0 Å². The third-order valence-electron chi connectivity index (χ3n) is 10.0. The van der Waals surface area contributed by atoms with Gasteiger partial charge in [-0.1, -0.05) is 110 Å². The first-order valence-electron chi connectivity index (χ1n) is 16.2. The predicted octanol–water partition coefficient (Wildman–Crippen LogP) is 10.2. The Bertz CT molecular complexity index is 2220. The first-order chi connectivity index (χ1) is 22.6. The van der Waals surface area contributed by atoms with Crippen molar-refractivity contribution in [2.24, 2.45) is 0 Å². The standard InChI is InChI=1S/C42H34N4/c1-28-13-11-20-33-39-36(24-22-34(43-39)29-14-5-3-6-15-29)46(40(28)33)32-19-12-18-31(27-32)45-37-25-23-35(30-16-7-4-8-17-30)44-41(37)42(2)26-10-9-21-38(42)45/h3-12,14-28,38H,13H2,1-2H3. The second-order valence-electron chi connectivity index (χ2n) is 12.9. The maximum atomic E-state index is 5.32. The summed E-state index contributed by atoms with van der Waals surface area (Å²) in [4.78, 5) is 13.1. The molecule has 0 fully saturated rings. The number of fused-ring (bicyclic) bond motifs is 6. The zero-order valence-electron chi connectivity index (χ0n) is 26.0. The van der Waals surface area contributed by atoms with E-state index in [0.29, 0.717) is 5.92 Å². The van der Waals surface area contributed by atoms with Gasteiger partial charge in [0.25, 0.3) is 0 Å². The molecule has 3 aromatic carbocycles. The van der Waals surface area contributed by atoms with Crippen molar-refractivity contribution in [3.05, 3.63) is 157 Å². The van der Waals surface area contributed by atoms with E-state index >= 15 is 0 Å². The topological polar surface area (TPSA) is 34.0 Å². The highest BCUT2D eigenvalue weighted by atomic mass is 15.2. The highest BCUT2D eigenvalue weighted by Gasteiger charge is 2.48. The molecule has 4 heteroatoms. The summed E-state index contributed by atoms with van der Waals surface area (Å²) >= 11 is 0. The van der Waals surface area contributed by atoms with Crippen molar-refractivity contribution in [1.29, 1.82) is 0 Å². The lowest BCUT2D eigenvalue weighted by Crippen LogP contribution is -2.39. The van der Waals surface area contributed by atoms with Crippen molar-refractivity contribution in [3.8, 4) is 28.2 Å². The number of rotatable bonds is 4. The second-order valence-corrected chi connectivity index (χ2v) is 12.9. The van der Waals surface area contributed by atoms with E-state index in [0.717, 1.165) is 62.7 Å². The minimum Gasteiger partial charge on any atom is -0.332 e. The molecule has 3 unspecified atom stereocenters. The van der Waals surface area contributed by atoms with Crippen LogP contribution in [0.1, 0.15) is 43.1 Å². The smallest absolute Gasteiger partial charge is 0.0967 e. The van der Waals surface area contributed by atoms with E-state index in [1.807, 2.05) is 0 Å². The van der Waals surface area contributed by atoms with E-state index in [-0.39, 0.29) is 11.5 Å². The lowest BCUT2D eigenvalue weighted by atomic mass is 9.78. The minimum absolute atomic E-state index is 0.119. The maximum absolute atomic E-state index is 5.32. The number of aromatic nitrogens is 3. The zero-order chi connectivity index (χ0) is 30.8. The molecule has 222 valence electrons. The van der Waals surface area contributed by atoms with E-state index < -0.39 is 0 Å². The third kappa shape index (κ3) is 3.99. The van der Waals surface area contributed by atoms with Crippen LogP contribution < -0.4 is 4.90 Å². The average Bonchev–Trinajstić information content (AvgIpc) is 3.59. The molecule has 9 rings (SSSR count). The van der Waals surface area contributed by atoms with E-state index in [2.05, 4.69) is 169 Å². The van der Waals surface area contributed by atoms with Crippen LogP contribution in [-0.2, 0) is 5.41 Å². The molecule has 4 nitrogen and oxygen atoms in total. The summed E-state index contributed by atoms with van der Waals surface area (Å²) in [5.74, 6) is 0.376. The number of benzene rings is 3. The first-order valence-corrected chi connectivity index (χ1v) is 16.2. The first kappa shape index (κ1) is 26.9. The van der Waals surface area contributed by atoms with Gasteiger partial charge in [0.2, 0.25) is 0 Å². The zero-order valence-corrected chi connectivity index (χ0v) is 26.0. The van der Waals surface area contributed by atoms with Crippen LogP contribution in [0.25, 0.3) is 45.3 Å². The molecule has 0 radical (unpaired) electrons. The Morgan fingerprint density at radius 2 is 1.46 bits per heavy atom. The van der Waals surface area contributed by atoms with Gasteiger partial charge in [-0.05, 0) is 55.8 Å². The summed E-state index contributed by atoms with van der Waals surface area (Å²) in [6.07, 6.45) is 14.6. The molecular weight excluding hydrogens is 560 g/mol. The summed E-state index contributed by atoms with van der Waals surface area (Å²) in [7, 11) is 0. The fourth-order valence-electron chi connectivity index (χ4n) is 7.74. The Kier molecular flexibility index (Phi) is 6.01. The Morgan fingerprint density at radius 1 is 0.739 bits per heavy atom. The van der Waals surface area contributed by atoms with Crippen molar-refractivity contribution in [3.63, 3.8) is 0 Å². The van der Waals surface area contributed by atoms with Gasteiger partial charge in [-0.3, -0.25) is 0 Å². The number of anilines is 2. The molecule has 3 aromatic heterocycles. The quantitative estimate of drug-likeness (QED) is 0.204. The molecule has 0 amide bonds. The Morgan fingerprint density at radius 3 is 2.24 bits per heavy atom. The van der Waals surface area contributed by atoms with Gasteiger partial charge in [0.15, 0.2) is 0 Å². The van der Waals surface area contributed by atoms with Crippen molar-refractivity contribution >= 4 is 28.5 Å². The van der Waals surface area contributed by atoms with Crippen LogP contribution in [0.15, 0.2) is 140 Å². The molecule has 0 saturated heterocycles. The minimum atomic E-state index is -0.249. The van der Waals surface area contributed by atoms with Crippen molar-refractivity contribution in [2.75, 3.05) is 4.90 Å². The summed E-state index contributed by atoms with van der Waals surface area (Å²) in [5, 5.41) is 0. The number of pyridine rings is 2. The lowest BCUT2D eigenvalue weighted by molar-refractivity contribution is 0.539. The molecular formula is C42H34N4. The molecule has 0 spiro atoms. The van der Waals surface area contributed by atoms with E-state index in [1.54, 1.807) is 0 Å². The highest BCUT2D eigenvalue weighted by molar-refractivity contribution is 5.92. The molecule has 4 heterocycles. The van der Waals surface area contributed by atoms with Crippen molar-refractivity contribution in [1.82, 2.24) is 14.5 Å². The van der Waals surface area contributed by atoms with Crippen LogP contribution in [0.2, 0.25) is 0 Å². The van der Waals surface area contributed by atoms with Gasteiger partial charge in [0, 0.05) is 39.7 Å². The molecule has 3 aliphatic rings. The van der Waals surface area contributed by atoms with Crippen molar-refractivity contribution < 1.29 is 0 Å². The molecule has 2 aliphatic carbocycles. The van der Waals surface area contributed by atoms with Crippen LogP contribution in [-0.4, -0.2) is 20.6 Å². The molecule has 46 heavy (non-hydrogen) atoms. The Labute approximate surface area is 269 Å². The van der Waals surface area contributed by atoms with Gasteiger partial charge >= 0.3 is 0 Å². The SMILES string of the molecule is CC1CC=Cc2c1n(-c1cccc(N3c4ccc(-c5ccccc5)nc4C4(C)C=CC=CC34)c1)c1ccc(-c3ccccc3)nc21.